The van der Waals surface area contributed by atoms with Gasteiger partial charge in [0.1, 0.15) is 17.9 Å². The highest BCUT2D eigenvalue weighted by atomic mass is 16.5. The van der Waals surface area contributed by atoms with Crippen molar-refractivity contribution in [1.29, 1.82) is 0 Å². The first-order valence-corrected chi connectivity index (χ1v) is 11.2. The van der Waals surface area contributed by atoms with E-state index in [-0.39, 0.29) is 5.91 Å². The Morgan fingerprint density at radius 2 is 1.80 bits per heavy atom. The van der Waals surface area contributed by atoms with Crippen LogP contribution in [-0.2, 0) is 0 Å². The second kappa shape index (κ2) is 9.75. The molecule has 1 aliphatic heterocycles. The Labute approximate surface area is 202 Å². The summed E-state index contributed by atoms with van der Waals surface area (Å²) in [7, 11) is 1.64. The molecule has 1 fully saturated rings. The van der Waals surface area contributed by atoms with Crippen molar-refractivity contribution in [3.05, 3.63) is 72.2 Å². The van der Waals surface area contributed by atoms with Crippen molar-refractivity contribution in [1.82, 2.24) is 35.1 Å². The second-order valence-electron chi connectivity index (χ2n) is 8.13. The Bertz CT molecular complexity index is 1300. The van der Waals surface area contributed by atoms with E-state index in [1.807, 2.05) is 60.4 Å². The number of nitrogens with zero attached hydrogens (tertiary/aromatic N) is 8. The number of nitrogens with one attached hydrogen (secondary N) is 1. The van der Waals surface area contributed by atoms with E-state index < -0.39 is 0 Å². The van der Waals surface area contributed by atoms with Gasteiger partial charge < -0.3 is 19.9 Å². The highest BCUT2D eigenvalue weighted by Crippen LogP contribution is 2.22. The van der Waals surface area contributed by atoms with Crippen molar-refractivity contribution >= 4 is 23.4 Å². The lowest BCUT2D eigenvalue weighted by molar-refractivity contribution is 0.0746. The number of rotatable bonds is 6. The van der Waals surface area contributed by atoms with Gasteiger partial charge in [-0.15, -0.1) is 5.10 Å². The van der Waals surface area contributed by atoms with Gasteiger partial charge in [0.15, 0.2) is 0 Å². The highest BCUT2D eigenvalue weighted by Gasteiger charge is 2.24. The Balaban J connectivity index is 1.24. The molecule has 11 nitrogen and oxygen atoms in total. The monoisotopic (exact) mass is 471 g/mol. The van der Waals surface area contributed by atoms with Crippen molar-refractivity contribution in [3.63, 3.8) is 0 Å². The third kappa shape index (κ3) is 5.03. The summed E-state index contributed by atoms with van der Waals surface area (Å²) in [4.78, 5) is 26.4. The van der Waals surface area contributed by atoms with Crippen LogP contribution in [0.15, 0.2) is 60.9 Å². The molecule has 4 aromatic rings. The minimum Gasteiger partial charge on any atom is -0.497 e. The van der Waals surface area contributed by atoms with Gasteiger partial charge in [-0.1, -0.05) is 6.07 Å². The second-order valence-corrected chi connectivity index (χ2v) is 8.13. The third-order valence-electron chi connectivity index (χ3n) is 5.76. The highest BCUT2D eigenvalue weighted by molar-refractivity contribution is 5.95. The van der Waals surface area contributed by atoms with E-state index in [9.17, 15) is 4.79 Å². The maximum absolute atomic E-state index is 13.1. The zero-order valence-electron chi connectivity index (χ0n) is 19.5. The fourth-order valence-corrected chi connectivity index (χ4v) is 3.93. The summed E-state index contributed by atoms with van der Waals surface area (Å²) in [5, 5.41) is 14.5. The number of benzene rings is 2. The van der Waals surface area contributed by atoms with Gasteiger partial charge >= 0.3 is 0 Å². The van der Waals surface area contributed by atoms with Gasteiger partial charge in [-0.05, 0) is 59.8 Å². The number of aromatic nitrogens is 6. The Hall–Kier alpha value is -4.54. The molecule has 5 rings (SSSR count). The maximum atomic E-state index is 13.1. The van der Waals surface area contributed by atoms with Crippen molar-refractivity contribution in [2.24, 2.45) is 0 Å². The predicted molar refractivity (Wildman–Crippen MR) is 130 cm³/mol. The summed E-state index contributed by atoms with van der Waals surface area (Å²) in [5.41, 5.74) is 3.12. The van der Waals surface area contributed by atoms with E-state index in [0.29, 0.717) is 37.7 Å². The van der Waals surface area contributed by atoms with E-state index in [4.69, 9.17) is 9.72 Å². The van der Waals surface area contributed by atoms with E-state index in [1.165, 1.54) is 11.0 Å². The van der Waals surface area contributed by atoms with Gasteiger partial charge in [0.05, 0.1) is 12.8 Å². The fourth-order valence-electron chi connectivity index (χ4n) is 3.93. The number of piperazine rings is 1. The molecule has 1 aliphatic rings. The lowest BCUT2D eigenvalue weighted by atomic mass is 10.1. The number of anilines is 3. The van der Waals surface area contributed by atoms with Gasteiger partial charge in [0.2, 0.25) is 5.95 Å². The van der Waals surface area contributed by atoms with Gasteiger partial charge in [-0.25, -0.2) is 9.67 Å². The van der Waals surface area contributed by atoms with Crippen LogP contribution in [0.4, 0.5) is 17.5 Å². The number of amides is 1. The largest absolute Gasteiger partial charge is 0.497 e. The molecule has 0 radical (unpaired) electrons. The minimum absolute atomic E-state index is 0.0217. The van der Waals surface area contributed by atoms with E-state index >= 15 is 0 Å². The molecule has 11 heteroatoms. The molecule has 3 heterocycles. The van der Waals surface area contributed by atoms with Crippen LogP contribution in [0.1, 0.15) is 16.1 Å². The molecule has 0 bridgehead atoms. The summed E-state index contributed by atoms with van der Waals surface area (Å²) in [6.45, 7) is 4.38. The summed E-state index contributed by atoms with van der Waals surface area (Å²) in [6, 6.07) is 16.9. The van der Waals surface area contributed by atoms with Gasteiger partial charge in [-0.2, -0.15) is 4.98 Å². The number of hydrogen-bond acceptors (Lipinski definition) is 9. The van der Waals surface area contributed by atoms with Crippen LogP contribution in [0, 0.1) is 6.92 Å². The normalized spacial score (nSPS) is 13.5. The summed E-state index contributed by atoms with van der Waals surface area (Å²) in [6.07, 6.45) is 1.50. The Morgan fingerprint density at radius 3 is 2.51 bits per heavy atom. The number of aryl methyl sites for hydroxylation is 1. The van der Waals surface area contributed by atoms with Crippen LogP contribution in [0.5, 0.6) is 5.75 Å². The van der Waals surface area contributed by atoms with Gasteiger partial charge in [0, 0.05) is 49.2 Å². The lowest BCUT2D eigenvalue weighted by Gasteiger charge is -2.35. The molecule has 35 heavy (non-hydrogen) atoms. The van der Waals surface area contributed by atoms with Gasteiger partial charge in [-0.3, -0.25) is 4.79 Å². The molecule has 1 amide bonds. The minimum atomic E-state index is -0.0217. The van der Waals surface area contributed by atoms with E-state index in [0.717, 1.165) is 28.6 Å². The first-order chi connectivity index (χ1) is 17.1. The average molecular weight is 472 g/mol. The van der Waals surface area contributed by atoms with Crippen LogP contribution in [0.2, 0.25) is 0 Å². The smallest absolute Gasteiger partial charge is 0.254 e. The number of ether oxygens (including phenoxy) is 1. The molecule has 0 saturated carbocycles. The maximum Gasteiger partial charge on any atom is 0.254 e. The number of methoxy groups -OCH3 is 1. The Kier molecular flexibility index (Phi) is 6.20. The fraction of sp³-hybridized carbons (Fsp3) is 0.250. The SMILES string of the molecule is COc1ccc(Nc2cc(C)nc(N3CCN(C(=O)c4cccc(-n5cnnn5)c4)CC3)n2)cc1. The molecule has 1 saturated heterocycles. The summed E-state index contributed by atoms with van der Waals surface area (Å²) in [5.74, 6) is 2.14. The number of carbonyl (C=O) groups excluding carboxylic acids is 1. The molecule has 2 aromatic carbocycles. The van der Waals surface area contributed by atoms with E-state index in [2.05, 4.69) is 30.7 Å². The van der Waals surface area contributed by atoms with Crippen LogP contribution in [-0.4, -0.2) is 74.3 Å². The molecule has 0 unspecified atom stereocenters. The summed E-state index contributed by atoms with van der Waals surface area (Å²) >= 11 is 0. The third-order valence-corrected chi connectivity index (χ3v) is 5.76. The standard InChI is InChI=1S/C24H25N9O2/c1-17-14-22(27-19-6-8-21(35-2)9-7-19)28-24(26-17)32-12-10-31(11-13-32)23(34)18-4-3-5-20(15-18)33-16-25-29-30-33/h3-9,14-16H,10-13H2,1-2H3,(H,26,27,28). The van der Waals surface area contributed by atoms with Crippen LogP contribution in [0.25, 0.3) is 5.69 Å². The average Bonchev–Trinajstić information content (AvgIpc) is 3.44. The zero-order chi connectivity index (χ0) is 24.2. The van der Waals surface area contributed by atoms with Crippen LogP contribution >= 0.6 is 0 Å². The van der Waals surface area contributed by atoms with E-state index in [1.54, 1.807) is 13.2 Å². The number of tetrazole rings is 1. The molecule has 1 N–H and O–H groups in total. The molecule has 0 spiro atoms. The van der Waals surface area contributed by atoms with Crippen LogP contribution in [0.3, 0.4) is 0 Å². The molecule has 0 atom stereocenters. The van der Waals surface area contributed by atoms with Gasteiger partial charge in [0.25, 0.3) is 5.91 Å². The predicted octanol–water partition coefficient (Wildman–Crippen LogP) is 2.48. The molecular formula is C24H25N9O2. The van der Waals surface area contributed by atoms with Crippen molar-refractivity contribution < 1.29 is 9.53 Å². The molecule has 178 valence electrons. The van der Waals surface area contributed by atoms with Crippen molar-refractivity contribution in [3.8, 4) is 11.4 Å². The first-order valence-electron chi connectivity index (χ1n) is 11.2. The van der Waals surface area contributed by atoms with Crippen molar-refractivity contribution in [2.75, 3.05) is 43.5 Å². The first kappa shape index (κ1) is 22.3. The Morgan fingerprint density at radius 1 is 1.00 bits per heavy atom. The van der Waals surface area contributed by atoms with Crippen molar-refractivity contribution in [2.45, 2.75) is 6.92 Å². The van der Waals surface area contributed by atoms with Crippen LogP contribution < -0.4 is 15.0 Å². The number of carbonyl (C=O) groups is 1. The zero-order valence-corrected chi connectivity index (χ0v) is 19.5. The lowest BCUT2D eigenvalue weighted by Crippen LogP contribution is -2.49. The summed E-state index contributed by atoms with van der Waals surface area (Å²) < 4.78 is 6.75. The molecule has 2 aromatic heterocycles. The number of hydrogen-bond donors (Lipinski definition) is 1. The quantitative estimate of drug-likeness (QED) is 0.453. The molecule has 0 aliphatic carbocycles. The topological polar surface area (TPSA) is 114 Å². The molecular weight excluding hydrogens is 446 g/mol.